The molecular weight excluding hydrogens is 514 g/mol. The fraction of sp³-hybridized carbons (Fsp3) is 0.364. The molecule has 0 unspecified atom stereocenters. The van der Waals surface area contributed by atoms with Gasteiger partial charge in [0, 0.05) is 45.0 Å². The second kappa shape index (κ2) is 13.1. The van der Waals surface area contributed by atoms with E-state index in [2.05, 4.69) is 69.0 Å². The van der Waals surface area contributed by atoms with Gasteiger partial charge in [0.15, 0.2) is 0 Å². The Balaban J connectivity index is 1.20. The molecule has 1 atom stereocenters. The number of benzene rings is 3. The van der Waals surface area contributed by atoms with Gasteiger partial charge in [-0.2, -0.15) is 0 Å². The topological polar surface area (TPSA) is 85.0 Å². The fourth-order valence-electron chi connectivity index (χ4n) is 6.00. The molecule has 0 spiro atoms. The van der Waals surface area contributed by atoms with Gasteiger partial charge in [-0.25, -0.2) is 0 Å². The summed E-state index contributed by atoms with van der Waals surface area (Å²) in [5.41, 5.74) is 5.30. The molecule has 8 nitrogen and oxygen atoms in total. The number of nitrogens with zero attached hydrogens (tertiary/aromatic N) is 3. The van der Waals surface area contributed by atoms with Crippen molar-refractivity contribution in [2.24, 2.45) is 0 Å². The van der Waals surface area contributed by atoms with Gasteiger partial charge in [0.05, 0.1) is 19.0 Å². The van der Waals surface area contributed by atoms with Crippen molar-refractivity contribution in [2.75, 3.05) is 51.1 Å². The Morgan fingerprint density at radius 1 is 0.854 bits per heavy atom. The molecule has 0 aromatic heterocycles. The first-order valence-electron chi connectivity index (χ1n) is 14.4. The van der Waals surface area contributed by atoms with Crippen LogP contribution >= 0.6 is 0 Å². The van der Waals surface area contributed by atoms with E-state index in [1.807, 2.05) is 44.2 Å². The number of carbonyl (C=O) groups is 3. The predicted molar refractivity (Wildman–Crippen MR) is 160 cm³/mol. The maximum absolute atomic E-state index is 13.5. The average molecular weight is 554 g/mol. The molecule has 3 amide bonds. The summed E-state index contributed by atoms with van der Waals surface area (Å²) in [6, 6.07) is 26.2. The van der Waals surface area contributed by atoms with Crippen molar-refractivity contribution >= 4 is 23.4 Å². The zero-order valence-electron chi connectivity index (χ0n) is 23.9. The van der Waals surface area contributed by atoms with Crippen LogP contribution in [0.5, 0.6) is 0 Å². The summed E-state index contributed by atoms with van der Waals surface area (Å²) in [7, 11) is 0. The van der Waals surface area contributed by atoms with Gasteiger partial charge in [-0.3, -0.25) is 24.2 Å². The summed E-state index contributed by atoms with van der Waals surface area (Å²) in [5.74, 6) is -0.671. The van der Waals surface area contributed by atoms with Crippen LogP contribution in [-0.2, 0) is 14.4 Å². The van der Waals surface area contributed by atoms with Gasteiger partial charge < -0.3 is 15.5 Å². The molecule has 5 rings (SSSR count). The van der Waals surface area contributed by atoms with Crippen LogP contribution in [0, 0.1) is 13.8 Å². The Morgan fingerprint density at radius 2 is 1.44 bits per heavy atom. The quantitative estimate of drug-likeness (QED) is 0.447. The number of rotatable bonds is 8. The highest BCUT2D eigenvalue weighted by Crippen LogP contribution is 2.29. The van der Waals surface area contributed by atoms with Gasteiger partial charge in [-0.1, -0.05) is 66.7 Å². The summed E-state index contributed by atoms with van der Waals surface area (Å²) in [4.78, 5) is 45.4. The second-order valence-corrected chi connectivity index (χ2v) is 11.1. The first-order valence-corrected chi connectivity index (χ1v) is 14.4. The number of hydrogen-bond acceptors (Lipinski definition) is 5. The molecule has 3 aromatic rings. The number of hydrogen-bond donors (Lipinski definition) is 2. The fourth-order valence-corrected chi connectivity index (χ4v) is 6.00. The molecule has 2 heterocycles. The summed E-state index contributed by atoms with van der Waals surface area (Å²) >= 11 is 0. The highest BCUT2D eigenvalue weighted by atomic mass is 16.2. The first kappa shape index (κ1) is 28.5. The van der Waals surface area contributed by atoms with Crippen molar-refractivity contribution < 1.29 is 14.4 Å². The Kier molecular flexibility index (Phi) is 9.11. The highest BCUT2D eigenvalue weighted by Gasteiger charge is 2.36. The van der Waals surface area contributed by atoms with E-state index in [1.165, 1.54) is 11.1 Å². The number of amides is 3. The van der Waals surface area contributed by atoms with Crippen LogP contribution < -0.4 is 10.6 Å². The molecule has 8 heteroatoms. The monoisotopic (exact) mass is 553 g/mol. The number of carbonyl (C=O) groups excluding carboxylic acids is 3. The lowest BCUT2D eigenvalue weighted by molar-refractivity contribution is -0.145. The Labute approximate surface area is 242 Å². The minimum Gasteiger partial charge on any atom is -0.353 e. The van der Waals surface area contributed by atoms with Crippen LogP contribution in [-0.4, -0.2) is 84.3 Å². The van der Waals surface area contributed by atoms with Crippen molar-refractivity contribution in [3.8, 4) is 0 Å². The van der Waals surface area contributed by atoms with E-state index < -0.39 is 6.04 Å². The SMILES string of the molecule is Cc1cc(C)cc(NC(=O)C[C@@H]2C(=O)NCCN2C(=O)CN2CCN(C(c3ccccc3)c3ccccc3)CC2)c1. The zero-order chi connectivity index (χ0) is 28.8. The minimum atomic E-state index is -0.816. The van der Waals surface area contributed by atoms with Crippen molar-refractivity contribution in [1.29, 1.82) is 0 Å². The predicted octanol–water partition coefficient (Wildman–Crippen LogP) is 3.37. The van der Waals surface area contributed by atoms with Gasteiger partial charge in [-0.05, 0) is 48.2 Å². The van der Waals surface area contributed by atoms with Crippen LogP contribution in [0.4, 0.5) is 5.69 Å². The third kappa shape index (κ3) is 7.20. The molecular formula is C33H39N5O3. The third-order valence-electron chi connectivity index (χ3n) is 7.90. The van der Waals surface area contributed by atoms with Crippen LogP contribution in [0.15, 0.2) is 78.9 Å². The summed E-state index contributed by atoms with van der Waals surface area (Å²) < 4.78 is 0. The Morgan fingerprint density at radius 3 is 2.02 bits per heavy atom. The zero-order valence-corrected chi connectivity index (χ0v) is 23.9. The highest BCUT2D eigenvalue weighted by molar-refractivity contribution is 5.97. The number of anilines is 1. The minimum absolute atomic E-state index is 0.0752. The summed E-state index contributed by atoms with van der Waals surface area (Å²) in [6.45, 7) is 8.12. The van der Waals surface area contributed by atoms with Crippen LogP contribution in [0.3, 0.4) is 0 Å². The molecule has 0 bridgehead atoms. The molecule has 0 aliphatic carbocycles. The Hall–Kier alpha value is -4.01. The molecule has 41 heavy (non-hydrogen) atoms. The van der Waals surface area contributed by atoms with Crippen molar-refractivity contribution in [2.45, 2.75) is 32.4 Å². The molecule has 2 aliphatic rings. The molecule has 214 valence electrons. The summed E-state index contributed by atoms with van der Waals surface area (Å²) in [5, 5.41) is 5.73. The van der Waals surface area contributed by atoms with E-state index in [9.17, 15) is 14.4 Å². The second-order valence-electron chi connectivity index (χ2n) is 11.1. The standard InChI is InChI=1S/C33H39N5O3/c1-24-19-25(2)21-28(20-24)35-30(39)22-29-33(41)34-13-14-38(29)31(40)23-36-15-17-37(18-16-36)32(26-9-5-3-6-10-26)27-11-7-4-8-12-27/h3-12,19-21,29,32H,13-18,22-23H2,1-2H3,(H,34,41)(H,35,39)/t29-/m1/s1. The molecule has 2 aliphatic heterocycles. The molecule has 2 fully saturated rings. The maximum atomic E-state index is 13.5. The van der Waals surface area contributed by atoms with E-state index in [1.54, 1.807) is 4.90 Å². The average Bonchev–Trinajstić information content (AvgIpc) is 2.96. The molecule has 0 radical (unpaired) electrons. The lowest BCUT2D eigenvalue weighted by Crippen LogP contribution is -2.60. The smallest absolute Gasteiger partial charge is 0.243 e. The van der Waals surface area contributed by atoms with E-state index >= 15 is 0 Å². The Bertz CT molecular complexity index is 1300. The van der Waals surface area contributed by atoms with E-state index in [-0.39, 0.29) is 36.7 Å². The third-order valence-corrected chi connectivity index (χ3v) is 7.90. The van der Waals surface area contributed by atoms with Crippen LogP contribution in [0.1, 0.15) is 34.7 Å². The van der Waals surface area contributed by atoms with Gasteiger partial charge in [0.1, 0.15) is 6.04 Å². The van der Waals surface area contributed by atoms with Crippen molar-refractivity contribution in [3.05, 3.63) is 101 Å². The van der Waals surface area contributed by atoms with Crippen molar-refractivity contribution in [1.82, 2.24) is 20.0 Å². The molecule has 3 aromatic carbocycles. The summed E-state index contributed by atoms with van der Waals surface area (Å²) in [6.07, 6.45) is -0.0752. The largest absolute Gasteiger partial charge is 0.353 e. The van der Waals surface area contributed by atoms with Gasteiger partial charge in [-0.15, -0.1) is 0 Å². The lowest BCUT2D eigenvalue weighted by atomic mass is 9.96. The lowest BCUT2D eigenvalue weighted by Gasteiger charge is -2.41. The van der Waals surface area contributed by atoms with Crippen LogP contribution in [0.25, 0.3) is 0 Å². The normalized spacial score (nSPS) is 18.3. The number of nitrogens with one attached hydrogen (secondary N) is 2. The number of piperazine rings is 2. The van der Waals surface area contributed by atoms with E-state index in [4.69, 9.17) is 0 Å². The van der Waals surface area contributed by atoms with E-state index in [0.717, 1.165) is 37.3 Å². The van der Waals surface area contributed by atoms with Crippen LogP contribution in [0.2, 0.25) is 0 Å². The van der Waals surface area contributed by atoms with Gasteiger partial charge in [0.2, 0.25) is 17.7 Å². The maximum Gasteiger partial charge on any atom is 0.243 e. The molecule has 2 N–H and O–H groups in total. The number of aryl methyl sites for hydroxylation is 2. The molecule has 0 saturated carbocycles. The van der Waals surface area contributed by atoms with Crippen molar-refractivity contribution in [3.63, 3.8) is 0 Å². The molecule has 2 saturated heterocycles. The van der Waals surface area contributed by atoms with Gasteiger partial charge in [0.25, 0.3) is 0 Å². The van der Waals surface area contributed by atoms with E-state index in [0.29, 0.717) is 18.8 Å². The first-order chi connectivity index (χ1) is 19.9. The van der Waals surface area contributed by atoms with Gasteiger partial charge >= 0.3 is 0 Å².